The Morgan fingerprint density at radius 2 is 1.59 bits per heavy atom. The molecule has 0 spiro atoms. The third-order valence-corrected chi connectivity index (χ3v) is 5.80. The number of hydrogen-bond acceptors (Lipinski definition) is 3. The quantitative estimate of drug-likeness (QED) is 0.228. The lowest BCUT2D eigenvalue weighted by Crippen LogP contribution is -2.03. The first kappa shape index (κ1) is 22.6. The van der Waals surface area contributed by atoms with Crippen LogP contribution >= 0.6 is 22.6 Å². The Morgan fingerprint density at radius 3 is 2.26 bits per heavy atom. The zero-order chi connectivity index (χ0) is 19.5. The monoisotopic (exact) mass is 485 g/mol. The first-order valence-corrected chi connectivity index (χ1v) is 11.6. The van der Waals surface area contributed by atoms with Crippen molar-refractivity contribution in [1.82, 2.24) is 14.5 Å². The molecule has 0 amide bonds. The summed E-state index contributed by atoms with van der Waals surface area (Å²) >= 11 is 2.32. The average molecular weight is 485 g/mol. The van der Waals surface area contributed by atoms with Gasteiger partial charge in [-0.05, 0) is 40.8 Å². The number of halogens is 1. The van der Waals surface area contributed by atoms with Gasteiger partial charge in [-0.15, -0.1) is 0 Å². The molecule has 0 atom stereocenters. The highest BCUT2D eigenvalue weighted by atomic mass is 127. The lowest BCUT2D eigenvalue weighted by molar-refractivity contribution is 0.0762. The number of unbranched alkanes of at least 4 members (excludes halogenated alkanes) is 8. The summed E-state index contributed by atoms with van der Waals surface area (Å²) in [6.07, 6.45) is 19.0. The third-order valence-electron chi connectivity index (χ3n) is 4.94. The molecule has 0 saturated heterocycles. The third kappa shape index (κ3) is 8.90. The van der Waals surface area contributed by atoms with Crippen molar-refractivity contribution in [2.24, 2.45) is 5.41 Å². The molecule has 0 saturated carbocycles. The average Bonchev–Trinajstić information content (AvgIpc) is 2.94. The molecule has 0 N–H and O–H groups in total. The Kier molecular flexibility index (Phi) is 10.0. The highest BCUT2D eigenvalue weighted by Gasteiger charge is 2.09. The lowest BCUT2D eigenvalue weighted by atomic mass is 9.89. The molecule has 0 aliphatic heterocycles. The lowest BCUT2D eigenvalue weighted by Gasteiger charge is -2.17. The number of fused-ring (bicyclic) bond motifs is 1. The summed E-state index contributed by atoms with van der Waals surface area (Å²) < 4.78 is 9.08. The zero-order valence-electron chi connectivity index (χ0n) is 17.3. The van der Waals surface area contributed by atoms with Gasteiger partial charge in [-0.25, -0.2) is 9.97 Å². The highest BCUT2D eigenvalue weighted by Crippen LogP contribution is 2.23. The second-order valence-electron chi connectivity index (χ2n) is 8.74. The number of nitrogens with zero attached hydrogens (tertiary/aromatic N) is 3. The fraction of sp³-hybridized carbons (Fsp3) is 0.727. The van der Waals surface area contributed by atoms with E-state index in [-0.39, 0.29) is 0 Å². The molecule has 2 aromatic rings. The van der Waals surface area contributed by atoms with E-state index in [9.17, 15) is 0 Å². The van der Waals surface area contributed by atoms with Crippen molar-refractivity contribution in [3.8, 4) is 0 Å². The van der Waals surface area contributed by atoms with Gasteiger partial charge >= 0.3 is 0 Å². The molecule has 0 aliphatic carbocycles. The maximum absolute atomic E-state index is 5.84. The summed E-state index contributed by atoms with van der Waals surface area (Å²) in [5.41, 5.74) is 1.46. The van der Waals surface area contributed by atoms with Crippen LogP contribution in [0, 0.1) is 8.99 Å². The normalized spacial score (nSPS) is 12.1. The van der Waals surface area contributed by atoms with E-state index in [2.05, 4.69) is 64.1 Å². The van der Waals surface area contributed by atoms with Crippen molar-refractivity contribution in [2.45, 2.75) is 91.7 Å². The summed E-state index contributed by atoms with van der Waals surface area (Å²) in [5.74, 6) is 0. The first-order valence-electron chi connectivity index (χ1n) is 10.5. The van der Waals surface area contributed by atoms with E-state index in [1.165, 1.54) is 61.4 Å². The van der Waals surface area contributed by atoms with Crippen molar-refractivity contribution < 1.29 is 4.74 Å². The van der Waals surface area contributed by atoms with E-state index < -0.39 is 0 Å². The van der Waals surface area contributed by atoms with Crippen molar-refractivity contribution in [1.29, 1.82) is 0 Å². The Bertz CT molecular complexity index is 663. The van der Waals surface area contributed by atoms with Crippen LogP contribution in [-0.4, -0.2) is 21.1 Å². The predicted molar refractivity (Wildman–Crippen MR) is 122 cm³/mol. The van der Waals surface area contributed by atoms with E-state index >= 15 is 0 Å². The Labute approximate surface area is 178 Å². The van der Waals surface area contributed by atoms with Crippen LogP contribution in [0.2, 0.25) is 0 Å². The van der Waals surface area contributed by atoms with Crippen LogP contribution in [0.1, 0.15) is 85.0 Å². The SMILES string of the molecule is CC(C)(C)CCCCCCCCCCCOCn1cc(I)c2cncnc21. The maximum atomic E-state index is 5.84. The molecule has 0 bridgehead atoms. The second-order valence-corrected chi connectivity index (χ2v) is 9.90. The molecule has 0 aromatic carbocycles. The standard InChI is InChI=1S/C22H36IN3O/c1-22(2,3)13-11-9-7-5-4-6-8-10-12-14-27-18-26-16-20(23)19-15-24-17-25-21(19)26/h15-17H,4-14,18H2,1-3H3. The zero-order valence-corrected chi connectivity index (χ0v) is 19.5. The Balaban J connectivity index is 1.43. The van der Waals surface area contributed by atoms with Crippen LogP contribution < -0.4 is 0 Å². The fourth-order valence-corrected chi connectivity index (χ4v) is 4.06. The van der Waals surface area contributed by atoms with Gasteiger partial charge in [0.1, 0.15) is 18.7 Å². The first-order chi connectivity index (χ1) is 13.0. The summed E-state index contributed by atoms with van der Waals surface area (Å²) in [4.78, 5) is 8.45. The van der Waals surface area contributed by atoms with Crippen molar-refractivity contribution in [3.05, 3.63) is 22.3 Å². The fourth-order valence-electron chi connectivity index (χ4n) is 3.35. The van der Waals surface area contributed by atoms with Crippen LogP contribution in [0.15, 0.2) is 18.7 Å². The van der Waals surface area contributed by atoms with Crippen LogP contribution in [0.25, 0.3) is 11.0 Å². The van der Waals surface area contributed by atoms with Gasteiger partial charge in [-0.1, -0.05) is 72.1 Å². The number of rotatable bonds is 13. The van der Waals surface area contributed by atoms with E-state index in [1.54, 1.807) is 6.33 Å². The van der Waals surface area contributed by atoms with Crippen molar-refractivity contribution >= 4 is 33.6 Å². The molecular formula is C22H36IN3O. The second kappa shape index (κ2) is 12.0. The predicted octanol–water partition coefficient (Wildman–Crippen LogP) is 6.96. The van der Waals surface area contributed by atoms with E-state index in [4.69, 9.17) is 4.74 Å². The van der Waals surface area contributed by atoms with E-state index in [0.29, 0.717) is 12.1 Å². The van der Waals surface area contributed by atoms with Gasteiger partial charge in [0, 0.05) is 22.6 Å². The molecular weight excluding hydrogens is 449 g/mol. The summed E-state index contributed by atoms with van der Waals surface area (Å²) in [6, 6.07) is 0. The molecule has 152 valence electrons. The Morgan fingerprint density at radius 1 is 0.963 bits per heavy atom. The Hall–Kier alpha value is -0.690. The van der Waals surface area contributed by atoms with Gasteiger partial charge in [-0.2, -0.15) is 0 Å². The summed E-state index contributed by atoms with van der Waals surface area (Å²) in [6.45, 7) is 8.42. The van der Waals surface area contributed by atoms with E-state index in [0.717, 1.165) is 24.1 Å². The molecule has 0 aliphatic rings. The van der Waals surface area contributed by atoms with Crippen LogP contribution in [-0.2, 0) is 11.5 Å². The smallest absolute Gasteiger partial charge is 0.146 e. The largest absolute Gasteiger partial charge is 0.361 e. The molecule has 2 rings (SSSR count). The van der Waals surface area contributed by atoms with Crippen molar-refractivity contribution in [2.75, 3.05) is 6.61 Å². The van der Waals surface area contributed by atoms with Gasteiger partial charge in [-0.3, -0.25) is 0 Å². The van der Waals surface area contributed by atoms with E-state index in [1.807, 2.05) is 6.20 Å². The minimum atomic E-state index is 0.503. The summed E-state index contributed by atoms with van der Waals surface area (Å²) in [5, 5.41) is 1.10. The van der Waals surface area contributed by atoms with Crippen LogP contribution in [0.5, 0.6) is 0 Å². The molecule has 2 heterocycles. The molecule has 0 unspecified atom stereocenters. The molecule has 0 radical (unpaired) electrons. The van der Waals surface area contributed by atoms with Gasteiger partial charge in [0.15, 0.2) is 0 Å². The minimum Gasteiger partial charge on any atom is -0.361 e. The maximum Gasteiger partial charge on any atom is 0.146 e. The van der Waals surface area contributed by atoms with Crippen LogP contribution in [0.4, 0.5) is 0 Å². The van der Waals surface area contributed by atoms with Gasteiger partial charge in [0.25, 0.3) is 0 Å². The molecule has 0 fully saturated rings. The van der Waals surface area contributed by atoms with Crippen LogP contribution in [0.3, 0.4) is 0 Å². The molecule has 5 heteroatoms. The number of hydrogen-bond donors (Lipinski definition) is 0. The molecule has 4 nitrogen and oxygen atoms in total. The van der Waals surface area contributed by atoms with Gasteiger partial charge in [0.05, 0.1) is 5.39 Å². The number of aromatic nitrogens is 3. The van der Waals surface area contributed by atoms with Crippen molar-refractivity contribution in [3.63, 3.8) is 0 Å². The molecule has 2 aromatic heterocycles. The van der Waals surface area contributed by atoms with Gasteiger partial charge < -0.3 is 9.30 Å². The molecule has 27 heavy (non-hydrogen) atoms. The topological polar surface area (TPSA) is 39.9 Å². The minimum absolute atomic E-state index is 0.503. The number of ether oxygens (including phenoxy) is 1. The van der Waals surface area contributed by atoms with Gasteiger partial charge in [0.2, 0.25) is 0 Å². The highest BCUT2D eigenvalue weighted by molar-refractivity contribution is 14.1. The summed E-state index contributed by atoms with van der Waals surface area (Å²) in [7, 11) is 0.